The first-order valence-corrected chi connectivity index (χ1v) is 6.88. The van der Waals surface area contributed by atoms with Crippen LogP contribution < -0.4 is 0 Å². The van der Waals surface area contributed by atoms with Gasteiger partial charge in [0.1, 0.15) is 0 Å². The van der Waals surface area contributed by atoms with E-state index in [1.54, 1.807) is 12.0 Å². The van der Waals surface area contributed by atoms with Crippen LogP contribution in [0.4, 0.5) is 0 Å². The molecule has 2 aromatic rings. The third-order valence-corrected chi connectivity index (χ3v) is 3.74. The number of carbonyl (C=O) groups is 1. The largest absolute Gasteiger partial charge is 0.385 e. The molecular weight excluding hydrogens is 252 g/mol. The molecule has 1 aromatic heterocycles. The lowest BCUT2D eigenvalue weighted by atomic mass is 10.1. The zero-order chi connectivity index (χ0) is 14.7. The maximum Gasteiger partial charge on any atom is 0.253 e. The molecule has 0 saturated carbocycles. The Morgan fingerprint density at radius 2 is 2.10 bits per heavy atom. The number of benzene rings is 1. The van der Waals surface area contributed by atoms with Crippen LogP contribution in [0.15, 0.2) is 18.2 Å². The summed E-state index contributed by atoms with van der Waals surface area (Å²) in [6, 6.07) is 5.84. The van der Waals surface area contributed by atoms with Crippen LogP contribution in [0.5, 0.6) is 0 Å². The van der Waals surface area contributed by atoms with Gasteiger partial charge in [-0.05, 0) is 44.0 Å². The molecule has 1 aromatic carbocycles. The summed E-state index contributed by atoms with van der Waals surface area (Å²) in [4.78, 5) is 17.4. The van der Waals surface area contributed by atoms with E-state index in [1.165, 1.54) is 5.56 Å². The van der Waals surface area contributed by atoms with Crippen LogP contribution in [0, 0.1) is 13.8 Å². The minimum Gasteiger partial charge on any atom is -0.385 e. The molecule has 0 aliphatic rings. The lowest BCUT2D eigenvalue weighted by Gasteiger charge is -2.17. The number of nitrogens with one attached hydrogen (secondary N) is 1. The summed E-state index contributed by atoms with van der Waals surface area (Å²) in [6.45, 7) is 5.50. The predicted molar refractivity (Wildman–Crippen MR) is 81.2 cm³/mol. The lowest BCUT2D eigenvalue weighted by molar-refractivity contribution is 0.0779. The van der Waals surface area contributed by atoms with E-state index in [0.29, 0.717) is 13.2 Å². The van der Waals surface area contributed by atoms with Gasteiger partial charge in [-0.1, -0.05) is 0 Å². The molecule has 0 radical (unpaired) electrons. The van der Waals surface area contributed by atoms with Crippen molar-refractivity contribution in [2.24, 2.45) is 0 Å². The highest BCUT2D eigenvalue weighted by Crippen LogP contribution is 2.22. The molecule has 0 aliphatic carbocycles. The van der Waals surface area contributed by atoms with E-state index in [4.69, 9.17) is 4.74 Å². The van der Waals surface area contributed by atoms with Gasteiger partial charge in [-0.3, -0.25) is 4.79 Å². The van der Waals surface area contributed by atoms with Crippen molar-refractivity contribution in [3.05, 3.63) is 35.0 Å². The Balaban J connectivity index is 2.19. The maximum absolute atomic E-state index is 12.4. The summed E-state index contributed by atoms with van der Waals surface area (Å²) in [5.41, 5.74) is 4.17. The highest BCUT2D eigenvalue weighted by molar-refractivity contribution is 5.98. The minimum absolute atomic E-state index is 0.0567. The first-order valence-electron chi connectivity index (χ1n) is 6.88. The number of fused-ring (bicyclic) bond motifs is 1. The Labute approximate surface area is 119 Å². The standard InChI is InChI=1S/C16H22N2O2/c1-11-12(2)17-15-7-6-13(10-14(11)15)16(19)18(3)8-5-9-20-4/h6-7,10,17H,5,8-9H2,1-4H3. The number of rotatable bonds is 5. The highest BCUT2D eigenvalue weighted by atomic mass is 16.5. The number of aromatic nitrogens is 1. The molecule has 1 N–H and O–H groups in total. The van der Waals surface area contributed by atoms with Crippen molar-refractivity contribution < 1.29 is 9.53 Å². The fourth-order valence-corrected chi connectivity index (χ4v) is 2.36. The van der Waals surface area contributed by atoms with Crippen LogP contribution in [-0.4, -0.2) is 43.1 Å². The fourth-order valence-electron chi connectivity index (χ4n) is 2.36. The Bertz CT molecular complexity index is 616. The first-order chi connectivity index (χ1) is 9.54. The number of carbonyl (C=O) groups excluding carboxylic acids is 1. The second-order valence-corrected chi connectivity index (χ2v) is 5.21. The Morgan fingerprint density at radius 1 is 1.35 bits per heavy atom. The quantitative estimate of drug-likeness (QED) is 0.852. The van der Waals surface area contributed by atoms with E-state index in [1.807, 2.05) is 32.2 Å². The van der Waals surface area contributed by atoms with Crippen LogP contribution in [0.2, 0.25) is 0 Å². The molecule has 0 aliphatic heterocycles. The molecule has 4 heteroatoms. The van der Waals surface area contributed by atoms with Gasteiger partial charge in [-0.2, -0.15) is 0 Å². The molecule has 0 unspecified atom stereocenters. The molecule has 1 amide bonds. The van der Waals surface area contributed by atoms with Gasteiger partial charge in [0, 0.05) is 49.5 Å². The first kappa shape index (κ1) is 14.6. The molecule has 0 saturated heterocycles. The smallest absolute Gasteiger partial charge is 0.253 e. The third-order valence-electron chi connectivity index (χ3n) is 3.74. The van der Waals surface area contributed by atoms with Crippen molar-refractivity contribution in [1.29, 1.82) is 0 Å². The number of hydrogen-bond acceptors (Lipinski definition) is 2. The topological polar surface area (TPSA) is 45.3 Å². The van der Waals surface area contributed by atoms with Gasteiger partial charge >= 0.3 is 0 Å². The van der Waals surface area contributed by atoms with Gasteiger partial charge in [-0.15, -0.1) is 0 Å². The van der Waals surface area contributed by atoms with Gasteiger partial charge in [-0.25, -0.2) is 0 Å². The molecular formula is C16H22N2O2. The second-order valence-electron chi connectivity index (χ2n) is 5.21. The molecule has 0 fully saturated rings. The molecule has 1 heterocycles. The summed E-state index contributed by atoms with van der Waals surface area (Å²) in [6.07, 6.45) is 0.850. The van der Waals surface area contributed by atoms with Gasteiger partial charge < -0.3 is 14.6 Å². The molecule has 0 bridgehead atoms. The van der Waals surface area contributed by atoms with E-state index < -0.39 is 0 Å². The van der Waals surface area contributed by atoms with E-state index >= 15 is 0 Å². The van der Waals surface area contributed by atoms with Crippen molar-refractivity contribution >= 4 is 16.8 Å². The number of amides is 1. The van der Waals surface area contributed by atoms with Gasteiger partial charge in [0.2, 0.25) is 0 Å². The van der Waals surface area contributed by atoms with Crippen molar-refractivity contribution in [3.8, 4) is 0 Å². The van der Waals surface area contributed by atoms with Gasteiger partial charge in [0.25, 0.3) is 5.91 Å². The van der Waals surface area contributed by atoms with Crippen LogP contribution in [0.1, 0.15) is 28.0 Å². The molecule has 0 spiro atoms. The zero-order valence-electron chi connectivity index (χ0n) is 12.6. The summed E-state index contributed by atoms with van der Waals surface area (Å²) < 4.78 is 5.01. The molecule has 2 rings (SSSR count). The van der Waals surface area contributed by atoms with E-state index in [0.717, 1.165) is 28.6 Å². The lowest BCUT2D eigenvalue weighted by Crippen LogP contribution is -2.28. The van der Waals surface area contributed by atoms with E-state index in [-0.39, 0.29) is 5.91 Å². The average Bonchev–Trinajstić information content (AvgIpc) is 2.73. The maximum atomic E-state index is 12.4. The van der Waals surface area contributed by atoms with Gasteiger partial charge in [0.15, 0.2) is 0 Å². The average molecular weight is 274 g/mol. The normalized spacial score (nSPS) is 11.0. The number of ether oxygens (including phenoxy) is 1. The van der Waals surface area contributed by atoms with Crippen molar-refractivity contribution in [1.82, 2.24) is 9.88 Å². The van der Waals surface area contributed by atoms with Gasteiger partial charge in [0.05, 0.1) is 0 Å². The Hall–Kier alpha value is -1.81. The molecule has 20 heavy (non-hydrogen) atoms. The van der Waals surface area contributed by atoms with E-state index in [9.17, 15) is 4.79 Å². The minimum atomic E-state index is 0.0567. The van der Waals surface area contributed by atoms with Crippen LogP contribution >= 0.6 is 0 Å². The number of hydrogen-bond donors (Lipinski definition) is 1. The number of aromatic amines is 1. The SMILES string of the molecule is COCCCN(C)C(=O)c1ccc2[nH]c(C)c(C)c2c1. The Kier molecular flexibility index (Phi) is 4.45. The summed E-state index contributed by atoms with van der Waals surface area (Å²) in [5.74, 6) is 0.0567. The fraction of sp³-hybridized carbons (Fsp3) is 0.438. The predicted octanol–water partition coefficient (Wildman–Crippen LogP) is 2.89. The van der Waals surface area contributed by atoms with E-state index in [2.05, 4.69) is 11.9 Å². The highest BCUT2D eigenvalue weighted by Gasteiger charge is 2.13. The Morgan fingerprint density at radius 3 is 2.80 bits per heavy atom. The number of methoxy groups -OCH3 is 1. The van der Waals surface area contributed by atoms with Crippen LogP contribution in [0.3, 0.4) is 0 Å². The second kappa shape index (κ2) is 6.09. The molecule has 108 valence electrons. The molecule has 0 atom stereocenters. The summed E-state index contributed by atoms with van der Waals surface area (Å²) >= 11 is 0. The van der Waals surface area contributed by atoms with Crippen molar-refractivity contribution in [2.45, 2.75) is 20.3 Å². The zero-order valence-corrected chi connectivity index (χ0v) is 12.6. The van der Waals surface area contributed by atoms with Crippen molar-refractivity contribution in [3.63, 3.8) is 0 Å². The number of H-pyrrole nitrogens is 1. The number of aryl methyl sites for hydroxylation is 2. The molecule has 4 nitrogen and oxygen atoms in total. The summed E-state index contributed by atoms with van der Waals surface area (Å²) in [5, 5.41) is 1.12. The summed E-state index contributed by atoms with van der Waals surface area (Å²) in [7, 11) is 3.50. The third kappa shape index (κ3) is 2.85. The van der Waals surface area contributed by atoms with Crippen LogP contribution in [-0.2, 0) is 4.74 Å². The monoisotopic (exact) mass is 274 g/mol. The van der Waals surface area contributed by atoms with Crippen LogP contribution in [0.25, 0.3) is 10.9 Å². The van der Waals surface area contributed by atoms with Crippen molar-refractivity contribution in [2.75, 3.05) is 27.3 Å². The number of nitrogens with zero attached hydrogens (tertiary/aromatic N) is 1.